The van der Waals surface area contributed by atoms with Crippen LogP contribution in [0.1, 0.15) is 34.5 Å². The maximum Gasteiger partial charge on any atom is 0.289 e. The van der Waals surface area contributed by atoms with Crippen LogP contribution in [-0.4, -0.2) is 62.2 Å². The van der Waals surface area contributed by atoms with E-state index in [2.05, 4.69) is 0 Å². The highest BCUT2D eigenvalue weighted by atomic mass is 32.2. The first-order valence-electron chi connectivity index (χ1n) is 10.2. The van der Waals surface area contributed by atoms with Gasteiger partial charge < -0.3 is 14.2 Å². The Kier molecular flexibility index (Phi) is 4.67. The average molecular weight is 429 g/mol. The number of carbonyl (C=O) groups excluding carboxylic acids is 2. The minimum absolute atomic E-state index is 0.122. The highest BCUT2D eigenvalue weighted by Gasteiger charge is 2.35. The van der Waals surface area contributed by atoms with Gasteiger partial charge in [-0.15, -0.1) is 0 Å². The van der Waals surface area contributed by atoms with Crippen LogP contribution in [0.15, 0.2) is 39.8 Å². The predicted molar refractivity (Wildman–Crippen MR) is 109 cm³/mol. The van der Waals surface area contributed by atoms with Gasteiger partial charge in [0.25, 0.3) is 5.91 Å². The molecule has 0 aliphatic carbocycles. The summed E-state index contributed by atoms with van der Waals surface area (Å²) in [7, 11) is -3.67. The normalized spacial score (nSPS) is 19.7. The molecule has 3 aliphatic heterocycles. The number of hydrogen-bond acceptors (Lipinski definition) is 5. The Labute approximate surface area is 175 Å². The summed E-state index contributed by atoms with van der Waals surface area (Å²) in [5.74, 6) is 0.163. The summed E-state index contributed by atoms with van der Waals surface area (Å²) in [6, 6.07) is 6.74. The number of amides is 2. The lowest BCUT2D eigenvalue weighted by Crippen LogP contribution is -2.50. The predicted octanol–water partition coefficient (Wildman–Crippen LogP) is 1.65. The number of nitrogens with zero attached hydrogens (tertiary/aromatic N) is 3. The summed E-state index contributed by atoms with van der Waals surface area (Å²) in [6.45, 7) is 1.83. The smallest absolute Gasteiger partial charge is 0.289 e. The Balaban J connectivity index is 1.38. The van der Waals surface area contributed by atoms with Gasteiger partial charge in [-0.2, -0.15) is 4.31 Å². The maximum absolute atomic E-state index is 13.3. The topological polar surface area (TPSA) is 91.1 Å². The second-order valence-corrected chi connectivity index (χ2v) is 9.85. The van der Waals surface area contributed by atoms with Crippen LogP contribution in [0.3, 0.4) is 0 Å². The van der Waals surface area contributed by atoms with Gasteiger partial charge in [-0.3, -0.25) is 9.59 Å². The van der Waals surface area contributed by atoms with E-state index in [1.807, 2.05) is 4.90 Å². The van der Waals surface area contributed by atoms with E-state index in [0.29, 0.717) is 37.4 Å². The van der Waals surface area contributed by atoms with E-state index in [9.17, 15) is 18.0 Å². The average Bonchev–Trinajstić information content (AvgIpc) is 3.30. The van der Waals surface area contributed by atoms with Crippen LogP contribution in [0.2, 0.25) is 0 Å². The molecule has 0 bridgehead atoms. The Morgan fingerprint density at radius 1 is 0.967 bits per heavy atom. The van der Waals surface area contributed by atoms with Crippen LogP contribution in [0.25, 0.3) is 0 Å². The molecule has 0 radical (unpaired) electrons. The number of aryl methyl sites for hydroxylation is 2. The van der Waals surface area contributed by atoms with E-state index in [-0.39, 0.29) is 30.7 Å². The zero-order valence-electron chi connectivity index (χ0n) is 16.5. The molecule has 8 nitrogen and oxygen atoms in total. The molecule has 4 heterocycles. The third-order valence-corrected chi connectivity index (χ3v) is 8.02. The Bertz CT molecular complexity index is 1080. The number of anilines is 1. The van der Waals surface area contributed by atoms with Crippen molar-refractivity contribution in [3.05, 3.63) is 47.4 Å². The molecule has 0 unspecified atom stereocenters. The summed E-state index contributed by atoms with van der Waals surface area (Å²) in [4.78, 5) is 28.4. The fraction of sp³-hybridized carbons (Fsp3) is 0.429. The summed E-state index contributed by atoms with van der Waals surface area (Å²) in [5, 5.41) is 0. The van der Waals surface area contributed by atoms with Gasteiger partial charge in [0.2, 0.25) is 15.9 Å². The molecule has 2 amide bonds. The number of benzene rings is 1. The number of hydrogen-bond donors (Lipinski definition) is 0. The van der Waals surface area contributed by atoms with Gasteiger partial charge in [-0.05, 0) is 54.7 Å². The Hall–Kier alpha value is -2.65. The van der Waals surface area contributed by atoms with Crippen molar-refractivity contribution in [1.29, 1.82) is 0 Å². The summed E-state index contributed by atoms with van der Waals surface area (Å²) in [6.07, 6.45) is 4.07. The Morgan fingerprint density at radius 3 is 2.40 bits per heavy atom. The van der Waals surface area contributed by atoms with Crippen molar-refractivity contribution in [1.82, 2.24) is 9.21 Å². The molecule has 0 N–H and O–H groups in total. The van der Waals surface area contributed by atoms with Gasteiger partial charge >= 0.3 is 0 Å². The molecule has 0 atom stereocenters. The first-order valence-corrected chi connectivity index (χ1v) is 11.7. The van der Waals surface area contributed by atoms with Gasteiger partial charge in [0.15, 0.2) is 5.76 Å². The molecular formula is C21H23N3O5S. The number of piperazine rings is 1. The van der Waals surface area contributed by atoms with Gasteiger partial charge in [0.1, 0.15) is 0 Å². The molecular weight excluding hydrogens is 406 g/mol. The molecule has 5 rings (SSSR count). The van der Waals surface area contributed by atoms with Crippen molar-refractivity contribution in [3.8, 4) is 0 Å². The van der Waals surface area contributed by atoms with E-state index in [1.165, 1.54) is 10.6 Å². The van der Waals surface area contributed by atoms with Crippen LogP contribution >= 0.6 is 0 Å². The van der Waals surface area contributed by atoms with Crippen molar-refractivity contribution in [2.45, 2.75) is 30.6 Å². The summed E-state index contributed by atoms with van der Waals surface area (Å²) < 4.78 is 33.3. The van der Waals surface area contributed by atoms with E-state index in [0.717, 1.165) is 29.7 Å². The van der Waals surface area contributed by atoms with Crippen molar-refractivity contribution in [3.63, 3.8) is 0 Å². The van der Waals surface area contributed by atoms with Crippen LogP contribution < -0.4 is 4.90 Å². The number of rotatable bonds is 3. The third-order valence-electron chi connectivity index (χ3n) is 6.14. The molecule has 1 saturated heterocycles. The number of furan rings is 1. The third kappa shape index (κ3) is 3.13. The van der Waals surface area contributed by atoms with E-state index in [4.69, 9.17) is 4.42 Å². The monoisotopic (exact) mass is 429 g/mol. The lowest BCUT2D eigenvalue weighted by Gasteiger charge is -2.36. The maximum atomic E-state index is 13.3. The highest BCUT2D eigenvalue weighted by Crippen LogP contribution is 2.38. The molecule has 1 aromatic carbocycles. The van der Waals surface area contributed by atoms with E-state index >= 15 is 0 Å². The molecule has 2 aromatic rings. The zero-order chi connectivity index (χ0) is 20.9. The molecule has 30 heavy (non-hydrogen) atoms. The minimum atomic E-state index is -3.67. The van der Waals surface area contributed by atoms with Crippen LogP contribution in [-0.2, 0) is 27.7 Å². The zero-order valence-corrected chi connectivity index (χ0v) is 17.4. The first-order chi connectivity index (χ1) is 14.4. The quantitative estimate of drug-likeness (QED) is 0.740. The van der Waals surface area contributed by atoms with Crippen molar-refractivity contribution >= 4 is 27.5 Å². The van der Waals surface area contributed by atoms with Gasteiger partial charge in [0, 0.05) is 39.1 Å². The van der Waals surface area contributed by atoms with Crippen molar-refractivity contribution in [2.75, 3.05) is 37.6 Å². The van der Waals surface area contributed by atoms with Crippen LogP contribution in [0.4, 0.5) is 5.69 Å². The minimum Gasteiger partial charge on any atom is -0.459 e. The molecule has 1 fully saturated rings. The van der Waals surface area contributed by atoms with Gasteiger partial charge in [-0.25, -0.2) is 8.42 Å². The Morgan fingerprint density at radius 2 is 1.70 bits per heavy atom. The van der Waals surface area contributed by atoms with Crippen molar-refractivity contribution in [2.24, 2.45) is 0 Å². The molecule has 9 heteroatoms. The van der Waals surface area contributed by atoms with E-state index < -0.39 is 10.0 Å². The fourth-order valence-electron chi connectivity index (χ4n) is 4.61. The molecule has 0 spiro atoms. The SMILES string of the molecule is O=C(c1ccco1)N1CCN(S(=O)(=O)c2cc3c4c(c2)CCC(=O)N4CCC3)CC1. The van der Waals surface area contributed by atoms with Gasteiger partial charge in [-0.1, -0.05) is 0 Å². The van der Waals surface area contributed by atoms with Gasteiger partial charge in [0.05, 0.1) is 16.8 Å². The summed E-state index contributed by atoms with van der Waals surface area (Å²) >= 11 is 0. The lowest BCUT2D eigenvalue weighted by atomic mass is 9.92. The molecule has 1 aromatic heterocycles. The van der Waals surface area contributed by atoms with Crippen molar-refractivity contribution < 1.29 is 22.4 Å². The highest BCUT2D eigenvalue weighted by molar-refractivity contribution is 7.89. The molecule has 3 aliphatic rings. The second-order valence-electron chi connectivity index (χ2n) is 7.91. The fourth-order valence-corrected chi connectivity index (χ4v) is 6.13. The molecule has 0 saturated carbocycles. The molecule has 158 valence electrons. The second kappa shape index (κ2) is 7.24. The number of carbonyl (C=O) groups is 2. The summed E-state index contributed by atoms with van der Waals surface area (Å²) in [5.41, 5.74) is 2.80. The van der Waals surface area contributed by atoms with E-state index in [1.54, 1.807) is 29.2 Å². The lowest BCUT2D eigenvalue weighted by molar-refractivity contribution is -0.119. The van der Waals surface area contributed by atoms with Crippen LogP contribution in [0.5, 0.6) is 0 Å². The number of sulfonamides is 1. The van der Waals surface area contributed by atoms with Crippen LogP contribution in [0, 0.1) is 0 Å². The first kappa shape index (κ1) is 19.3. The standard InChI is InChI=1S/C21H23N3O5S/c25-19-6-5-16-14-17(13-15-3-1-7-24(19)20(15)16)30(27,28)23-10-8-22(9-11-23)21(26)18-4-2-12-29-18/h2,4,12-14H,1,3,5-11H2. The largest absolute Gasteiger partial charge is 0.459 e.